The maximum Gasteiger partial charge on any atom is 0.404 e. The normalized spacial score (nSPS) is 15.0. The number of hydrogen-bond acceptors (Lipinski definition) is 2. The summed E-state index contributed by atoms with van der Waals surface area (Å²) in [6.07, 6.45) is 1.17. The number of amides is 1. The molecular weight excluding hydrogens is 257 g/mol. The highest BCUT2D eigenvalue weighted by Gasteiger charge is 2.28. The molecule has 1 unspecified atom stereocenters. The van der Waals surface area contributed by atoms with Crippen molar-refractivity contribution in [1.29, 1.82) is 0 Å². The van der Waals surface area contributed by atoms with Crippen molar-refractivity contribution in [3.05, 3.63) is 0 Å². The summed E-state index contributed by atoms with van der Waals surface area (Å²) in [7, 11) is 0. The van der Waals surface area contributed by atoms with Gasteiger partial charge in [-0.25, -0.2) is 4.79 Å². The first-order valence-corrected chi connectivity index (χ1v) is 5.80. The van der Waals surface area contributed by atoms with Crippen molar-refractivity contribution in [2.45, 2.75) is 19.8 Å². The minimum atomic E-state index is -0.744. The molecular formula is C8H15BrClNO2. The van der Waals surface area contributed by atoms with E-state index >= 15 is 0 Å². The first kappa shape index (κ1) is 13.0. The van der Waals surface area contributed by atoms with Gasteiger partial charge in [0.05, 0.1) is 0 Å². The van der Waals surface area contributed by atoms with E-state index in [0.29, 0.717) is 11.2 Å². The number of primary amides is 1. The van der Waals surface area contributed by atoms with E-state index in [9.17, 15) is 4.79 Å². The summed E-state index contributed by atoms with van der Waals surface area (Å²) < 4.78 is 4.77. The summed E-state index contributed by atoms with van der Waals surface area (Å²) in [5, 5.41) is 0.713. The average molecular weight is 273 g/mol. The lowest BCUT2D eigenvalue weighted by Gasteiger charge is -2.28. The maximum absolute atomic E-state index is 10.4. The minimum Gasteiger partial charge on any atom is -0.449 e. The van der Waals surface area contributed by atoms with Gasteiger partial charge in [0.25, 0.3) is 0 Å². The van der Waals surface area contributed by atoms with Gasteiger partial charge in [0, 0.05) is 16.6 Å². The van der Waals surface area contributed by atoms with Gasteiger partial charge in [-0.1, -0.05) is 29.3 Å². The van der Waals surface area contributed by atoms with Crippen molar-refractivity contribution < 1.29 is 9.53 Å². The zero-order valence-corrected chi connectivity index (χ0v) is 10.0. The van der Waals surface area contributed by atoms with Crippen molar-refractivity contribution >= 4 is 33.6 Å². The van der Waals surface area contributed by atoms with Crippen LogP contribution in [0.3, 0.4) is 0 Å². The fraction of sp³-hybridized carbons (Fsp3) is 0.875. The molecule has 0 spiro atoms. The zero-order chi connectivity index (χ0) is 10.3. The van der Waals surface area contributed by atoms with E-state index in [-0.39, 0.29) is 12.0 Å². The van der Waals surface area contributed by atoms with Gasteiger partial charge in [-0.15, -0.1) is 11.6 Å². The topological polar surface area (TPSA) is 52.3 Å². The lowest BCUT2D eigenvalue weighted by atomic mass is 9.89. The van der Waals surface area contributed by atoms with Crippen molar-refractivity contribution in [1.82, 2.24) is 0 Å². The molecule has 0 saturated heterocycles. The summed E-state index contributed by atoms with van der Waals surface area (Å²) in [5.41, 5.74) is 4.71. The van der Waals surface area contributed by atoms with Gasteiger partial charge in [-0.05, 0) is 6.42 Å². The molecule has 0 heterocycles. The molecule has 0 aliphatic carbocycles. The first-order valence-electron chi connectivity index (χ1n) is 4.14. The number of rotatable bonds is 6. The van der Waals surface area contributed by atoms with Crippen LogP contribution in [0.25, 0.3) is 0 Å². The highest BCUT2D eigenvalue weighted by Crippen LogP contribution is 2.28. The van der Waals surface area contributed by atoms with Crippen LogP contribution in [0.15, 0.2) is 0 Å². The van der Waals surface area contributed by atoms with Gasteiger partial charge >= 0.3 is 6.09 Å². The fourth-order valence-electron chi connectivity index (χ4n) is 1.07. The monoisotopic (exact) mass is 271 g/mol. The van der Waals surface area contributed by atoms with Crippen molar-refractivity contribution in [3.8, 4) is 0 Å². The molecule has 78 valence electrons. The van der Waals surface area contributed by atoms with E-state index in [1.807, 2.05) is 0 Å². The van der Waals surface area contributed by atoms with Crippen LogP contribution in [0, 0.1) is 5.41 Å². The van der Waals surface area contributed by atoms with Crippen LogP contribution in [0.2, 0.25) is 0 Å². The van der Waals surface area contributed by atoms with Crippen LogP contribution in [0.4, 0.5) is 4.79 Å². The van der Waals surface area contributed by atoms with Gasteiger partial charge in [0.2, 0.25) is 0 Å². The SMILES string of the molecule is CCCC(CCl)(CBr)COC(N)=O. The molecule has 0 saturated carbocycles. The van der Waals surface area contributed by atoms with Crippen molar-refractivity contribution in [2.24, 2.45) is 11.1 Å². The fourth-order valence-corrected chi connectivity index (χ4v) is 2.25. The van der Waals surface area contributed by atoms with Gasteiger partial charge < -0.3 is 10.5 Å². The lowest BCUT2D eigenvalue weighted by molar-refractivity contribution is 0.106. The molecule has 0 rings (SSSR count). The molecule has 0 aromatic rings. The molecule has 0 aromatic heterocycles. The van der Waals surface area contributed by atoms with Crippen LogP contribution in [0.1, 0.15) is 19.8 Å². The Balaban J connectivity index is 4.12. The molecule has 3 nitrogen and oxygen atoms in total. The quantitative estimate of drug-likeness (QED) is 0.755. The van der Waals surface area contributed by atoms with Gasteiger partial charge in [-0.2, -0.15) is 0 Å². The highest BCUT2D eigenvalue weighted by molar-refractivity contribution is 9.09. The second-order valence-electron chi connectivity index (χ2n) is 3.12. The van der Waals surface area contributed by atoms with E-state index in [1.54, 1.807) is 0 Å². The Morgan fingerprint density at radius 3 is 2.62 bits per heavy atom. The number of carbonyl (C=O) groups excluding carboxylic acids is 1. The highest BCUT2D eigenvalue weighted by atomic mass is 79.9. The van der Waals surface area contributed by atoms with E-state index < -0.39 is 6.09 Å². The zero-order valence-electron chi connectivity index (χ0n) is 7.69. The predicted octanol–water partition coefficient (Wildman–Crippen LogP) is 2.50. The van der Waals surface area contributed by atoms with Crippen molar-refractivity contribution in [2.75, 3.05) is 17.8 Å². The van der Waals surface area contributed by atoms with Crippen LogP contribution < -0.4 is 5.73 Å². The molecule has 13 heavy (non-hydrogen) atoms. The van der Waals surface area contributed by atoms with Crippen LogP contribution in [0.5, 0.6) is 0 Å². The summed E-state index contributed by atoms with van der Waals surface area (Å²) in [6.45, 7) is 2.35. The number of carbonyl (C=O) groups is 1. The lowest BCUT2D eigenvalue weighted by Crippen LogP contribution is -2.33. The second kappa shape index (κ2) is 6.49. The molecule has 5 heteroatoms. The second-order valence-corrected chi connectivity index (χ2v) is 3.95. The first-order chi connectivity index (χ1) is 6.10. The van der Waals surface area contributed by atoms with E-state index in [4.69, 9.17) is 22.1 Å². The molecule has 0 radical (unpaired) electrons. The number of halogens is 2. The van der Waals surface area contributed by atoms with Gasteiger partial charge in [0.15, 0.2) is 0 Å². The summed E-state index contributed by atoms with van der Waals surface area (Å²) in [5.74, 6) is 0.458. The third kappa shape index (κ3) is 4.72. The Labute approximate surface area is 92.1 Å². The average Bonchev–Trinajstić information content (AvgIpc) is 2.12. The van der Waals surface area contributed by atoms with Crippen LogP contribution in [-0.2, 0) is 4.74 Å². The molecule has 1 amide bonds. The number of ether oxygens (including phenoxy) is 1. The van der Waals surface area contributed by atoms with Crippen LogP contribution in [-0.4, -0.2) is 23.9 Å². The van der Waals surface area contributed by atoms with Crippen LogP contribution >= 0.6 is 27.5 Å². The Morgan fingerprint density at radius 2 is 2.31 bits per heavy atom. The number of hydrogen-bond donors (Lipinski definition) is 1. The summed E-state index contributed by atoms with van der Waals surface area (Å²) >= 11 is 9.19. The summed E-state index contributed by atoms with van der Waals surface area (Å²) in [4.78, 5) is 10.4. The third-order valence-electron chi connectivity index (χ3n) is 1.87. The number of alkyl halides is 2. The largest absolute Gasteiger partial charge is 0.449 e. The van der Waals surface area contributed by atoms with Gasteiger partial charge in [0.1, 0.15) is 6.61 Å². The molecule has 2 N–H and O–H groups in total. The Hall–Kier alpha value is 0.0400. The van der Waals surface area contributed by atoms with Crippen molar-refractivity contribution in [3.63, 3.8) is 0 Å². The van der Waals surface area contributed by atoms with Gasteiger partial charge in [-0.3, -0.25) is 0 Å². The van der Waals surface area contributed by atoms with E-state index in [1.165, 1.54) is 0 Å². The Morgan fingerprint density at radius 1 is 1.69 bits per heavy atom. The van der Waals surface area contributed by atoms with E-state index in [0.717, 1.165) is 12.8 Å². The Kier molecular flexibility index (Phi) is 6.51. The standard InChI is InChI=1S/C8H15BrClNO2/c1-2-3-8(4-9,5-10)6-13-7(11)12/h2-6H2,1H3,(H2,11,12). The molecule has 0 aromatic carbocycles. The van der Waals surface area contributed by atoms with E-state index in [2.05, 4.69) is 22.9 Å². The number of nitrogens with two attached hydrogens (primary N) is 1. The Bertz CT molecular complexity index is 162. The predicted molar refractivity (Wildman–Crippen MR) is 57.4 cm³/mol. The smallest absolute Gasteiger partial charge is 0.404 e. The molecule has 1 atom stereocenters. The summed E-state index contributed by atoms with van der Waals surface area (Å²) in [6, 6.07) is 0. The minimum absolute atomic E-state index is 0.175. The molecule has 0 aliphatic rings. The molecule has 0 bridgehead atoms. The third-order valence-corrected chi connectivity index (χ3v) is 3.62. The molecule has 0 aliphatic heterocycles. The molecule has 0 fully saturated rings. The maximum atomic E-state index is 10.4.